The lowest BCUT2D eigenvalue weighted by Crippen LogP contribution is -2.42. The van der Waals surface area contributed by atoms with E-state index < -0.39 is 17.9 Å². The van der Waals surface area contributed by atoms with Crippen molar-refractivity contribution in [2.24, 2.45) is 0 Å². The number of fused-ring (bicyclic) bond motifs is 1. The van der Waals surface area contributed by atoms with Crippen LogP contribution in [-0.4, -0.2) is 28.0 Å². The Morgan fingerprint density at radius 3 is 2.12 bits per heavy atom. The van der Waals surface area contributed by atoms with Gasteiger partial charge in [-0.1, -0.05) is 87.5 Å². The van der Waals surface area contributed by atoms with Gasteiger partial charge in [-0.05, 0) is 64.1 Å². The van der Waals surface area contributed by atoms with E-state index in [0.717, 1.165) is 33.3 Å². The van der Waals surface area contributed by atoms with E-state index in [1.807, 2.05) is 84.9 Å². The van der Waals surface area contributed by atoms with E-state index in [2.05, 4.69) is 43.2 Å². The van der Waals surface area contributed by atoms with Gasteiger partial charge in [0, 0.05) is 17.3 Å². The molecule has 0 bridgehead atoms. The molecule has 0 aliphatic rings. The van der Waals surface area contributed by atoms with Gasteiger partial charge in [-0.3, -0.25) is 4.79 Å². The van der Waals surface area contributed by atoms with Crippen LogP contribution in [0.5, 0.6) is 11.5 Å². The van der Waals surface area contributed by atoms with Crippen LogP contribution in [0.4, 0.5) is 0 Å². The number of carboxylic acid groups (broad SMARTS) is 1. The zero-order valence-electron chi connectivity index (χ0n) is 22.8. The molecule has 0 saturated heterocycles. The Bertz CT molecular complexity index is 1630. The molecule has 0 aliphatic heterocycles. The fourth-order valence-corrected chi connectivity index (χ4v) is 4.59. The number of hydrogen-bond donors (Lipinski definition) is 3. The van der Waals surface area contributed by atoms with E-state index >= 15 is 0 Å². The summed E-state index contributed by atoms with van der Waals surface area (Å²) in [4.78, 5) is 28.1. The molecule has 1 aromatic heterocycles. The minimum Gasteiger partial charge on any atom is -0.480 e. The van der Waals surface area contributed by atoms with Crippen molar-refractivity contribution in [3.8, 4) is 22.6 Å². The first-order valence-corrected chi connectivity index (χ1v) is 13.2. The van der Waals surface area contributed by atoms with Gasteiger partial charge in [0.05, 0.1) is 0 Å². The van der Waals surface area contributed by atoms with Crippen LogP contribution in [0.2, 0.25) is 0 Å². The van der Waals surface area contributed by atoms with Gasteiger partial charge in [-0.2, -0.15) is 0 Å². The number of aliphatic carboxylic acids is 1. The summed E-state index contributed by atoms with van der Waals surface area (Å²) in [6.07, 6.45) is 0.169. The largest absolute Gasteiger partial charge is 0.480 e. The lowest BCUT2D eigenvalue weighted by molar-refractivity contribution is -0.139. The van der Waals surface area contributed by atoms with Crippen LogP contribution in [-0.2, 0) is 16.6 Å². The Kier molecular flexibility index (Phi) is 7.43. The van der Waals surface area contributed by atoms with Crippen molar-refractivity contribution < 1.29 is 19.4 Å². The van der Waals surface area contributed by atoms with Crippen LogP contribution in [0.3, 0.4) is 0 Å². The van der Waals surface area contributed by atoms with Crippen LogP contribution in [0, 0.1) is 0 Å². The Hall–Kier alpha value is -4.84. The fourth-order valence-electron chi connectivity index (χ4n) is 4.59. The molecule has 0 unspecified atom stereocenters. The number of nitrogens with one attached hydrogen (secondary N) is 2. The minimum atomic E-state index is -1.09. The standard InChI is InChI=1S/C34H32N2O4/c1-34(2,3)26-13-15-27(16-14-26)40-28-17-18-29-25(20-28)21-30(35-29)32(37)36-31(33(38)39)19-22-9-11-24(12-10-22)23-7-5-4-6-8-23/h4-18,20-21,31,35H,19H2,1-3H3,(H,36,37)(H,38,39)/t31-/m0/s1. The molecule has 5 rings (SSSR count). The molecule has 0 fully saturated rings. The maximum absolute atomic E-state index is 13.0. The highest BCUT2D eigenvalue weighted by molar-refractivity contribution is 5.99. The molecule has 6 heteroatoms. The zero-order valence-corrected chi connectivity index (χ0v) is 22.8. The third-order valence-electron chi connectivity index (χ3n) is 6.90. The van der Waals surface area contributed by atoms with Gasteiger partial charge in [0.15, 0.2) is 0 Å². The molecule has 5 aromatic rings. The predicted octanol–water partition coefficient (Wildman–Crippen LogP) is 7.35. The highest BCUT2D eigenvalue weighted by Gasteiger charge is 2.22. The van der Waals surface area contributed by atoms with Gasteiger partial charge in [-0.25, -0.2) is 4.79 Å². The topological polar surface area (TPSA) is 91.4 Å². The normalized spacial score (nSPS) is 12.2. The average molecular weight is 533 g/mol. The van der Waals surface area contributed by atoms with E-state index in [4.69, 9.17) is 4.74 Å². The van der Waals surface area contributed by atoms with Gasteiger partial charge >= 0.3 is 5.97 Å². The molecule has 202 valence electrons. The Labute approximate surface area is 233 Å². The summed E-state index contributed by atoms with van der Waals surface area (Å²) in [5, 5.41) is 13.2. The van der Waals surface area contributed by atoms with E-state index in [0.29, 0.717) is 5.75 Å². The summed E-state index contributed by atoms with van der Waals surface area (Å²) in [5.74, 6) is -0.208. The number of aromatic amines is 1. The number of amides is 1. The first kappa shape index (κ1) is 26.8. The highest BCUT2D eigenvalue weighted by atomic mass is 16.5. The van der Waals surface area contributed by atoms with Crippen molar-refractivity contribution in [2.75, 3.05) is 0 Å². The number of hydrogen-bond acceptors (Lipinski definition) is 3. The second kappa shape index (κ2) is 11.1. The monoisotopic (exact) mass is 532 g/mol. The van der Waals surface area contributed by atoms with Gasteiger partial charge in [0.25, 0.3) is 5.91 Å². The van der Waals surface area contributed by atoms with Crippen molar-refractivity contribution in [2.45, 2.75) is 38.6 Å². The number of benzene rings is 4. The number of carbonyl (C=O) groups is 2. The molecule has 1 heterocycles. The summed E-state index contributed by atoms with van der Waals surface area (Å²) in [6, 6.07) is 31.8. The number of rotatable bonds is 8. The summed E-state index contributed by atoms with van der Waals surface area (Å²) in [7, 11) is 0. The quantitative estimate of drug-likeness (QED) is 0.195. The Balaban J connectivity index is 1.26. The number of ether oxygens (including phenoxy) is 1. The van der Waals surface area contributed by atoms with E-state index in [9.17, 15) is 14.7 Å². The molecule has 0 aliphatic carbocycles. The third kappa shape index (κ3) is 6.24. The summed E-state index contributed by atoms with van der Waals surface area (Å²) in [6.45, 7) is 6.50. The second-order valence-electron chi connectivity index (χ2n) is 10.9. The fraction of sp³-hybridized carbons (Fsp3) is 0.176. The van der Waals surface area contributed by atoms with Crippen molar-refractivity contribution in [3.63, 3.8) is 0 Å². The van der Waals surface area contributed by atoms with Crippen molar-refractivity contribution in [1.29, 1.82) is 0 Å². The summed E-state index contributed by atoms with van der Waals surface area (Å²) < 4.78 is 6.03. The molecule has 4 aromatic carbocycles. The summed E-state index contributed by atoms with van der Waals surface area (Å²) in [5.41, 5.74) is 5.27. The Morgan fingerprint density at radius 1 is 0.825 bits per heavy atom. The van der Waals surface area contributed by atoms with Crippen LogP contribution in [0.1, 0.15) is 42.4 Å². The molecule has 3 N–H and O–H groups in total. The van der Waals surface area contributed by atoms with Crippen LogP contribution in [0.15, 0.2) is 103 Å². The second-order valence-corrected chi connectivity index (χ2v) is 10.9. The van der Waals surface area contributed by atoms with E-state index in [1.165, 1.54) is 5.56 Å². The van der Waals surface area contributed by atoms with E-state index in [1.54, 1.807) is 6.07 Å². The smallest absolute Gasteiger partial charge is 0.326 e. The molecule has 1 amide bonds. The van der Waals surface area contributed by atoms with Crippen LogP contribution < -0.4 is 10.1 Å². The molecule has 0 spiro atoms. The van der Waals surface area contributed by atoms with Gasteiger partial charge in [-0.15, -0.1) is 0 Å². The number of carboxylic acids is 1. The first-order chi connectivity index (χ1) is 19.2. The van der Waals surface area contributed by atoms with E-state index in [-0.39, 0.29) is 17.5 Å². The first-order valence-electron chi connectivity index (χ1n) is 13.2. The minimum absolute atomic E-state index is 0.0617. The molecule has 1 atom stereocenters. The average Bonchev–Trinajstić information content (AvgIpc) is 3.37. The number of H-pyrrole nitrogens is 1. The third-order valence-corrected chi connectivity index (χ3v) is 6.90. The maximum Gasteiger partial charge on any atom is 0.326 e. The van der Waals surface area contributed by atoms with Crippen molar-refractivity contribution in [1.82, 2.24) is 10.3 Å². The molecule has 0 saturated carbocycles. The SMILES string of the molecule is CC(C)(C)c1ccc(Oc2ccc3[nH]c(C(=O)N[C@@H](Cc4ccc(-c5ccccc5)cc4)C(=O)O)cc3c2)cc1. The maximum atomic E-state index is 13.0. The molecular weight excluding hydrogens is 500 g/mol. The van der Waals surface area contributed by atoms with Crippen LogP contribution >= 0.6 is 0 Å². The van der Waals surface area contributed by atoms with Crippen LogP contribution in [0.25, 0.3) is 22.0 Å². The Morgan fingerprint density at radius 2 is 1.48 bits per heavy atom. The lowest BCUT2D eigenvalue weighted by atomic mass is 9.87. The lowest BCUT2D eigenvalue weighted by Gasteiger charge is -2.19. The molecular formula is C34H32N2O4. The van der Waals surface area contributed by atoms with Gasteiger partial charge in [0.1, 0.15) is 23.2 Å². The van der Waals surface area contributed by atoms with Crippen molar-refractivity contribution >= 4 is 22.8 Å². The van der Waals surface area contributed by atoms with Gasteiger partial charge in [0.2, 0.25) is 0 Å². The molecule has 6 nitrogen and oxygen atoms in total. The predicted molar refractivity (Wildman–Crippen MR) is 158 cm³/mol. The van der Waals surface area contributed by atoms with Gasteiger partial charge < -0.3 is 20.1 Å². The summed E-state index contributed by atoms with van der Waals surface area (Å²) >= 11 is 0. The molecule has 40 heavy (non-hydrogen) atoms. The highest BCUT2D eigenvalue weighted by Crippen LogP contribution is 2.29. The number of carbonyl (C=O) groups excluding carboxylic acids is 1. The molecule has 0 radical (unpaired) electrons. The van der Waals surface area contributed by atoms with Crippen molar-refractivity contribution in [3.05, 3.63) is 120 Å². The zero-order chi connectivity index (χ0) is 28.3. The number of aromatic nitrogens is 1.